The first kappa shape index (κ1) is 18.4. The topological polar surface area (TPSA) is 69.7 Å². The molecule has 0 aromatic heterocycles. The van der Waals surface area contributed by atoms with Gasteiger partial charge < -0.3 is 10.2 Å². The van der Waals surface area contributed by atoms with E-state index in [0.29, 0.717) is 25.2 Å². The first-order valence-corrected chi connectivity index (χ1v) is 10.5. The molecule has 138 valence electrons. The zero-order valence-corrected chi connectivity index (χ0v) is 15.8. The minimum Gasteiger partial charge on any atom is -0.333 e. The maximum Gasteiger partial charge on any atom is 0.254 e. The second-order valence-corrected chi connectivity index (χ2v) is 8.93. The Kier molecular flexibility index (Phi) is 5.46. The van der Waals surface area contributed by atoms with E-state index in [-0.39, 0.29) is 16.8 Å². The van der Waals surface area contributed by atoms with Crippen molar-refractivity contribution in [2.24, 2.45) is 0 Å². The van der Waals surface area contributed by atoms with Gasteiger partial charge in [-0.3, -0.25) is 4.79 Å². The van der Waals surface area contributed by atoms with Gasteiger partial charge in [-0.15, -0.1) is 0 Å². The summed E-state index contributed by atoms with van der Waals surface area (Å²) in [4.78, 5) is 15.0. The van der Waals surface area contributed by atoms with Crippen LogP contribution in [0.2, 0.25) is 0 Å². The number of nitrogens with one attached hydrogen (secondary N) is 1. The number of carbonyl (C=O) groups is 1. The Morgan fingerprint density at radius 2 is 1.88 bits per heavy atom. The van der Waals surface area contributed by atoms with E-state index in [2.05, 4.69) is 5.32 Å². The van der Waals surface area contributed by atoms with Gasteiger partial charge in [-0.1, -0.05) is 12.5 Å². The number of carbonyl (C=O) groups excluding carboxylic acids is 1. The Bertz CT molecular complexity index is 742. The Morgan fingerprint density at radius 1 is 1.16 bits per heavy atom. The molecule has 2 aliphatic heterocycles. The predicted molar refractivity (Wildman–Crippen MR) is 97.2 cm³/mol. The third-order valence-electron chi connectivity index (χ3n) is 5.15. The van der Waals surface area contributed by atoms with Crippen molar-refractivity contribution >= 4 is 15.9 Å². The fourth-order valence-electron chi connectivity index (χ4n) is 3.54. The second-order valence-electron chi connectivity index (χ2n) is 6.99. The van der Waals surface area contributed by atoms with Crippen molar-refractivity contribution < 1.29 is 13.2 Å². The number of benzene rings is 1. The Hall–Kier alpha value is -1.44. The molecule has 6 nitrogen and oxygen atoms in total. The number of hydrogen-bond acceptors (Lipinski definition) is 4. The van der Waals surface area contributed by atoms with Crippen molar-refractivity contribution in [1.29, 1.82) is 0 Å². The molecule has 1 aromatic rings. The summed E-state index contributed by atoms with van der Waals surface area (Å²) in [5.74, 6) is -0.0813. The molecule has 0 aliphatic carbocycles. The molecule has 1 atom stereocenters. The number of piperazine rings is 1. The van der Waals surface area contributed by atoms with Crippen LogP contribution >= 0.6 is 0 Å². The molecular weight excluding hydrogens is 338 g/mol. The van der Waals surface area contributed by atoms with Crippen molar-refractivity contribution in [3.05, 3.63) is 29.3 Å². The quantitative estimate of drug-likeness (QED) is 0.883. The van der Waals surface area contributed by atoms with E-state index in [9.17, 15) is 13.2 Å². The number of sulfonamides is 1. The lowest BCUT2D eigenvalue weighted by atomic mass is 10.1. The largest absolute Gasteiger partial charge is 0.333 e. The standard InChI is InChI=1S/C18H27N3O3S/c1-14-6-7-16(25(23,24)20-9-4-3-5-10-20)12-17(14)18(22)21-11-8-19-13-15(21)2/h6-7,12,15,19H,3-5,8-11,13H2,1-2H3/t15-/m1/s1. The number of hydrogen-bond donors (Lipinski definition) is 1. The highest BCUT2D eigenvalue weighted by molar-refractivity contribution is 7.89. The summed E-state index contributed by atoms with van der Waals surface area (Å²) < 4.78 is 27.4. The highest BCUT2D eigenvalue weighted by Gasteiger charge is 2.29. The lowest BCUT2D eigenvalue weighted by Gasteiger charge is -2.34. The lowest BCUT2D eigenvalue weighted by Crippen LogP contribution is -2.52. The molecule has 2 saturated heterocycles. The fraction of sp³-hybridized carbons (Fsp3) is 0.611. The van der Waals surface area contributed by atoms with Crippen LogP contribution in [0.25, 0.3) is 0 Å². The molecule has 0 saturated carbocycles. The molecular formula is C18H27N3O3S. The molecule has 2 heterocycles. The van der Waals surface area contributed by atoms with Crippen LogP contribution in [0.3, 0.4) is 0 Å². The van der Waals surface area contributed by atoms with E-state index in [1.807, 2.05) is 18.7 Å². The fourth-order valence-corrected chi connectivity index (χ4v) is 5.09. The number of aryl methyl sites for hydroxylation is 1. The molecule has 0 spiro atoms. The average molecular weight is 365 g/mol. The normalized spacial score (nSPS) is 22.8. The molecule has 2 aliphatic rings. The first-order valence-electron chi connectivity index (χ1n) is 9.04. The van der Waals surface area contributed by atoms with Crippen LogP contribution in [0.4, 0.5) is 0 Å². The molecule has 0 radical (unpaired) electrons. The third kappa shape index (κ3) is 3.73. The van der Waals surface area contributed by atoms with Crippen LogP contribution in [0.5, 0.6) is 0 Å². The van der Waals surface area contributed by atoms with E-state index in [1.165, 1.54) is 0 Å². The van der Waals surface area contributed by atoms with Crippen molar-refractivity contribution in [2.75, 3.05) is 32.7 Å². The molecule has 25 heavy (non-hydrogen) atoms. The molecule has 0 unspecified atom stereocenters. The highest BCUT2D eigenvalue weighted by Crippen LogP contribution is 2.24. The molecule has 3 rings (SSSR count). The minimum absolute atomic E-state index is 0.0813. The second kappa shape index (κ2) is 7.43. The zero-order chi connectivity index (χ0) is 18.0. The summed E-state index contributed by atoms with van der Waals surface area (Å²) in [7, 11) is -3.53. The molecule has 1 aromatic carbocycles. The van der Waals surface area contributed by atoms with Crippen LogP contribution in [-0.2, 0) is 10.0 Å². The van der Waals surface area contributed by atoms with E-state index >= 15 is 0 Å². The number of nitrogens with zero attached hydrogens (tertiary/aromatic N) is 2. The van der Waals surface area contributed by atoms with Gasteiger partial charge >= 0.3 is 0 Å². The monoisotopic (exact) mass is 365 g/mol. The maximum atomic E-state index is 13.0. The van der Waals surface area contributed by atoms with Gasteiger partial charge in [0, 0.05) is 44.3 Å². The molecule has 1 N–H and O–H groups in total. The Balaban J connectivity index is 1.91. The zero-order valence-electron chi connectivity index (χ0n) is 15.0. The number of rotatable bonds is 3. The lowest BCUT2D eigenvalue weighted by molar-refractivity contribution is 0.0654. The van der Waals surface area contributed by atoms with E-state index < -0.39 is 10.0 Å². The molecule has 1 amide bonds. The number of amides is 1. The van der Waals surface area contributed by atoms with Crippen LogP contribution < -0.4 is 5.32 Å². The van der Waals surface area contributed by atoms with Gasteiger partial charge in [0.15, 0.2) is 0 Å². The highest BCUT2D eigenvalue weighted by atomic mass is 32.2. The third-order valence-corrected chi connectivity index (χ3v) is 7.05. The summed E-state index contributed by atoms with van der Waals surface area (Å²) in [5.41, 5.74) is 1.31. The Labute approximate surface area is 150 Å². The number of piperidine rings is 1. The Morgan fingerprint density at radius 3 is 2.56 bits per heavy atom. The van der Waals surface area contributed by atoms with Crippen molar-refractivity contribution in [3.8, 4) is 0 Å². The van der Waals surface area contributed by atoms with E-state index in [4.69, 9.17) is 0 Å². The van der Waals surface area contributed by atoms with Gasteiger partial charge in [0.25, 0.3) is 5.91 Å². The van der Waals surface area contributed by atoms with Crippen molar-refractivity contribution in [3.63, 3.8) is 0 Å². The summed E-state index contributed by atoms with van der Waals surface area (Å²) in [6, 6.07) is 5.04. The summed E-state index contributed by atoms with van der Waals surface area (Å²) in [6.45, 7) is 7.16. The molecule has 2 fully saturated rings. The van der Waals surface area contributed by atoms with E-state index in [1.54, 1.807) is 22.5 Å². The van der Waals surface area contributed by atoms with Crippen molar-refractivity contribution in [1.82, 2.24) is 14.5 Å². The average Bonchev–Trinajstić information content (AvgIpc) is 2.62. The smallest absolute Gasteiger partial charge is 0.254 e. The van der Waals surface area contributed by atoms with Crippen molar-refractivity contribution in [2.45, 2.75) is 44.0 Å². The van der Waals surface area contributed by atoms with Gasteiger partial charge in [-0.05, 0) is 44.4 Å². The first-order chi connectivity index (χ1) is 11.9. The van der Waals surface area contributed by atoms with Gasteiger partial charge in [-0.25, -0.2) is 8.42 Å². The van der Waals surface area contributed by atoms with Crippen LogP contribution in [-0.4, -0.2) is 62.3 Å². The summed E-state index contributed by atoms with van der Waals surface area (Å²) >= 11 is 0. The van der Waals surface area contributed by atoms with Gasteiger partial charge in [0.1, 0.15) is 0 Å². The molecule has 0 bridgehead atoms. The maximum absolute atomic E-state index is 13.0. The van der Waals surface area contributed by atoms with Gasteiger partial charge in [0.05, 0.1) is 4.90 Å². The van der Waals surface area contributed by atoms with Gasteiger partial charge in [-0.2, -0.15) is 4.31 Å². The van der Waals surface area contributed by atoms with Gasteiger partial charge in [0.2, 0.25) is 10.0 Å². The summed E-state index contributed by atoms with van der Waals surface area (Å²) in [5, 5.41) is 3.27. The van der Waals surface area contributed by atoms with Crippen LogP contribution in [0.15, 0.2) is 23.1 Å². The van der Waals surface area contributed by atoms with E-state index in [0.717, 1.165) is 37.9 Å². The SMILES string of the molecule is Cc1ccc(S(=O)(=O)N2CCCCC2)cc1C(=O)N1CCNC[C@H]1C. The van der Waals surface area contributed by atoms with Crippen LogP contribution in [0, 0.1) is 6.92 Å². The predicted octanol–water partition coefficient (Wildman–Crippen LogP) is 1.60. The summed E-state index contributed by atoms with van der Waals surface area (Å²) in [6.07, 6.45) is 2.87. The minimum atomic E-state index is -3.53. The molecule has 7 heteroatoms. The van der Waals surface area contributed by atoms with Crippen LogP contribution in [0.1, 0.15) is 42.1 Å².